The first kappa shape index (κ1) is 11.9. The number of anilines is 1. The second-order valence-corrected chi connectivity index (χ2v) is 6.56. The van der Waals surface area contributed by atoms with Crippen LogP contribution in [0.25, 0.3) is 11.0 Å². The highest BCUT2D eigenvalue weighted by Crippen LogP contribution is 2.44. The van der Waals surface area contributed by atoms with E-state index < -0.39 is 0 Å². The van der Waals surface area contributed by atoms with Gasteiger partial charge in [-0.1, -0.05) is 12.5 Å². The van der Waals surface area contributed by atoms with Crippen LogP contribution in [0.5, 0.6) is 0 Å². The van der Waals surface area contributed by atoms with Crippen LogP contribution < -0.4 is 5.73 Å². The van der Waals surface area contributed by atoms with E-state index in [-0.39, 0.29) is 0 Å². The molecule has 96 valence electrons. The largest absolute Gasteiger partial charge is 0.369 e. The van der Waals surface area contributed by atoms with Crippen molar-refractivity contribution in [2.24, 2.45) is 0 Å². The number of rotatable bonds is 3. The highest BCUT2D eigenvalue weighted by molar-refractivity contribution is 8.00. The Bertz CT molecular complexity index is 578. The molecule has 4 heteroatoms. The molecule has 0 amide bonds. The van der Waals surface area contributed by atoms with Crippen molar-refractivity contribution in [1.29, 1.82) is 0 Å². The molecule has 0 radical (unpaired) electrons. The number of aromatic nitrogens is 2. The first-order valence-corrected chi connectivity index (χ1v) is 7.64. The fourth-order valence-corrected chi connectivity index (χ4v) is 3.67. The van der Waals surface area contributed by atoms with E-state index >= 15 is 0 Å². The van der Waals surface area contributed by atoms with Crippen molar-refractivity contribution in [3.63, 3.8) is 0 Å². The average Bonchev–Trinajstić information content (AvgIpc) is 2.59. The number of imidazole rings is 1. The normalized spacial score (nSPS) is 17.9. The number of nitrogens with two attached hydrogens (primary N) is 1. The molecule has 18 heavy (non-hydrogen) atoms. The van der Waals surface area contributed by atoms with Gasteiger partial charge in [0.25, 0.3) is 0 Å². The van der Waals surface area contributed by atoms with E-state index in [9.17, 15) is 0 Å². The Morgan fingerprint density at radius 3 is 2.83 bits per heavy atom. The first-order chi connectivity index (χ1) is 8.63. The summed E-state index contributed by atoms with van der Waals surface area (Å²) in [5.74, 6) is 0.649. The van der Waals surface area contributed by atoms with Crippen LogP contribution in [0.1, 0.15) is 24.8 Å². The van der Waals surface area contributed by atoms with Gasteiger partial charge in [-0.05, 0) is 43.7 Å². The number of thioether (sulfide) groups is 1. The Kier molecular flexibility index (Phi) is 2.77. The molecule has 0 spiro atoms. The molecule has 0 saturated heterocycles. The zero-order valence-electron chi connectivity index (χ0n) is 10.9. The number of nitrogens with zero attached hydrogens (tertiary/aromatic N) is 2. The van der Waals surface area contributed by atoms with E-state index in [1.165, 1.54) is 30.3 Å². The van der Waals surface area contributed by atoms with Crippen molar-refractivity contribution in [1.82, 2.24) is 9.55 Å². The molecule has 2 N–H and O–H groups in total. The third kappa shape index (κ3) is 1.79. The second kappa shape index (κ2) is 4.19. The Morgan fingerprint density at radius 1 is 1.44 bits per heavy atom. The molecular weight excluding hydrogens is 242 g/mol. The van der Waals surface area contributed by atoms with Gasteiger partial charge in [0.1, 0.15) is 0 Å². The quantitative estimate of drug-likeness (QED) is 0.922. The summed E-state index contributed by atoms with van der Waals surface area (Å²) < 4.78 is 2.57. The Hall–Kier alpha value is -1.16. The van der Waals surface area contributed by atoms with Gasteiger partial charge in [0.15, 0.2) is 0 Å². The summed E-state index contributed by atoms with van der Waals surface area (Å²) in [7, 11) is 0. The molecule has 2 aromatic rings. The van der Waals surface area contributed by atoms with Crippen LogP contribution in [0.15, 0.2) is 18.2 Å². The van der Waals surface area contributed by atoms with Crippen LogP contribution in [0, 0.1) is 6.92 Å². The molecule has 1 aliphatic carbocycles. The summed E-state index contributed by atoms with van der Waals surface area (Å²) >= 11 is 1.97. The predicted octanol–water partition coefficient (Wildman–Crippen LogP) is 3.21. The lowest BCUT2D eigenvalue weighted by molar-refractivity contribution is 0.326. The third-order valence-corrected chi connectivity index (χ3v) is 5.48. The van der Waals surface area contributed by atoms with Gasteiger partial charge in [0, 0.05) is 11.3 Å². The molecule has 3 nitrogen and oxygen atoms in total. The maximum atomic E-state index is 6.09. The predicted molar refractivity (Wildman–Crippen MR) is 79.0 cm³/mol. The molecule has 0 unspecified atom stereocenters. The number of benzene rings is 1. The van der Waals surface area contributed by atoms with Gasteiger partial charge in [-0.2, -0.15) is 11.8 Å². The number of hydrogen-bond acceptors (Lipinski definition) is 3. The van der Waals surface area contributed by atoms with E-state index in [2.05, 4.69) is 40.9 Å². The molecule has 1 fully saturated rings. The fraction of sp³-hybridized carbons (Fsp3) is 0.500. The monoisotopic (exact) mass is 261 g/mol. The van der Waals surface area contributed by atoms with Crippen LogP contribution in [0.4, 0.5) is 5.95 Å². The minimum absolute atomic E-state index is 0.382. The summed E-state index contributed by atoms with van der Waals surface area (Å²) in [6.07, 6.45) is 6.13. The van der Waals surface area contributed by atoms with Gasteiger partial charge in [0.2, 0.25) is 5.95 Å². The average molecular weight is 261 g/mol. The lowest BCUT2D eigenvalue weighted by Gasteiger charge is -2.40. The fourth-order valence-electron chi connectivity index (χ4n) is 2.71. The van der Waals surface area contributed by atoms with Crippen LogP contribution in [-0.4, -0.2) is 20.6 Å². The van der Waals surface area contributed by atoms with Gasteiger partial charge in [-0.3, -0.25) is 0 Å². The van der Waals surface area contributed by atoms with Crippen LogP contribution in [0.2, 0.25) is 0 Å². The summed E-state index contributed by atoms with van der Waals surface area (Å²) in [5.41, 5.74) is 9.50. The summed E-state index contributed by atoms with van der Waals surface area (Å²) in [4.78, 5) is 4.48. The smallest absolute Gasteiger partial charge is 0.201 e. The molecule has 1 aliphatic rings. The maximum absolute atomic E-state index is 6.09. The molecule has 1 aromatic heterocycles. The first-order valence-electron chi connectivity index (χ1n) is 6.41. The number of hydrogen-bond donors (Lipinski definition) is 1. The van der Waals surface area contributed by atoms with Crippen molar-refractivity contribution < 1.29 is 0 Å². The molecule has 0 bridgehead atoms. The lowest BCUT2D eigenvalue weighted by atomic mass is 9.84. The third-order valence-electron chi connectivity index (χ3n) is 4.08. The van der Waals surface area contributed by atoms with Crippen LogP contribution in [0.3, 0.4) is 0 Å². The minimum atomic E-state index is 0.382. The van der Waals surface area contributed by atoms with Gasteiger partial charge < -0.3 is 10.3 Å². The highest BCUT2D eigenvalue weighted by Gasteiger charge is 2.37. The van der Waals surface area contributed by atoms with Gasteiger partial charge >= 0.3 is 0 Å². The van der Waals surface area contributed by atoms with E-state index in [0.29, 0.717) is 10.7 Å². The zero-order valence-corrected chi connectivity index (χ0v) is 11.8. The van der Waals surface area contributed by atoms with Crippen molar-refractivity contribution >= 4 is 28.7 Å². The van der Waals surface area contributed by atoms with E-state index in [4.69, 9.17) is 5.73 Å². The molecule has 1 saturated carbocycles. The van der Waals surface area contributed by atoms with Gasteiger partial charge in [0.05, 0.1) is 11.0 Å². The molecule has 3 rings (SSSR count). The van der Waals surface area contributed by atoms with Gasteiger partial charge in [-0.15, -0.1) is 0 Å². The SMILES string of the molecule is CSC1(Cn2c(N)nc3cc(C)ccc32)CCC1. The Labute approximate surface area is 112 Å². The molecule has 1 aromatic carbocycles. The van der Waals surface area contributed by atoms with E-state index in [0.717, 1.165) is 12.1 Å². The molecule has 1 heterocycles. The van der Waals surface area contributed by atoms with Crippen LogP contribution >= 0.6 is 11.8 Å². The van der Waals surface area contributed by atoms with Crippen molar-refractivity contribution in [3.8, 4) is 0 Å². The molecule has 0 aliphatic heterocycles. The number of fused-ring (bicyclic) bond motifs is 1. The highest BCUT2D eigenvalue weighted by atomic mass is 32.2. The standard InChI is InChI=1S/C14H19N3S/c1-10-4-5-12-11(8-10)16-13(15)17(12)9-14(18-2)6-3-7-14/h4-5,8H,3,6-7,9H2,1-2H3,(H2,15,16). The summed E-state index contributed by atoms with van der Waals surface area (Å²) in [6.45, 7) is 3.07. The van der Waals surface area contributed by atoms with Gasteiger partial charge in [-0.25, -0.2) is 4.98 Å². The summed E-state index contributed by atoms with van der Waals surface area (Å²) in [6, 6.07) is 6.38. The Balaban J connectivity index is 2.03. The zero-order chi connectivity index (χ0) is 12.8. The van der Waals surface area contributed by atoms with Crippen LogP contribution in [-0.2, 0) is 6.54 Å². The molecule has 0 atom stereocenters. The summed E-state index contributed by atoms with van der Waals surface area (Å²) in [5, 5.41) is 0. The molecular formula is C14H19N3S. The second-order valence-electron chi connectivity index (χ2n) is 5.29. The van der Waals surface area contributed by atoms with E-state index in [1.54, 1.807) is 0 Å². The van der Waals surface area contributed by atoms with Crippen molar-refractivity contribution in [2.45, 2.75) is 37.5 Å². The maximum Gasteiger partial charge on any atom is 0.201 e. The number of aryl methyl sites for hydroxylation is 1. The topological polar surface area (TPSA) is 43.8 Å². The minimum Gasteiger partial charge on any atom is -0.369 e. The van der Waals surface area contributed by atoms with E-state index in [1.807, 2.05) is 11.8 Å². The lowest BCUT2D eigenvalue weighted by Crippen LogP contribution is -2.38. The van der Waals surface area contributed by atoms with Crippen molar-refractivity contribution in [2.75, 3.05) is 12.0 Å². The van der Waals surface area contributed by atoms with Crippen molar-refractivity contribution in [3.05, 3.63) is 23.8 Å². The number of nitrogen functional groups attached to an aromatic ring is 1. The Morgan fingerprint density at radius 2 is 2.22 bits per heavy atom.